The summed E-state index contributed by atoms with van der Waals surface area (Å²) in [5.74, 6) is 1.62. The Labute approximate surface area is 238 Å². The molecule has 3 aromatic rings. The van der Waals surface area contributed by atoms with Crippen molar-refractivity contribution in [1.82, 2.24) is 30.0 Å². The maximum atomic E-state index is 13.5. The zero-order chi connectivity index (χ0) is 28.9. The molecule has 218 valence electrons. The van der Waals surface area contributed by atoms with Gasteiger partial charge in [-0.25, -0.2) is 4.68 Å². The standard InChI is InChI=1S/C28H35N7O6/c1-18-11-35(19(2)15-36)28(38)10-21-9-22(30-27(37)14-34-16-29-31-32-34)5-7-23(21)41-26(18)13-33(3)12-20-4-6-24-25(8-20)40-17-39-24/h4-9,16,18-19,26,36H,10-15,17H2,1-3H3,(H,30,37)/t18-,19+,26+/m1/s1. The number of hydrogen-bond donors (Lipinski definition) is 2. The maximum absolute atomic E-state index is 13.5. The Morgan fingerprint density at radius 1 is 1.20 bits per heavy atom. The lowest BCUT2D eigenvalue weighted by Crippen LogP contribution is -2.47. The van der Waals surface area contributed by atoms with Gasteiger partial charge in [-0.05, 0) is 60.3 Å². The van der Waals surface area contributed by atoms with Gasteiger partial charge in [0.1, 0.15) is 24.7 Å². The highest BCUT2D eigenvalue weighted by Gasteiger charge is 2.31. The number of nitrogens with zero attached hydrogens (tertiary/aromatic N) is 6. The SMILES string of the molecule is C[C@@H]1CN([C@@H](C)CO)C(=O)Cc2cc(NC(=O)Cn3cnnn3)ccc2O[C@H]1CN(C)Cc1ccc2c(c1)OCO2. The molecule has 3 atom stereocenters. The van der Waals surface area contributed by atoms with Crippen molar-refractivity contribution in [2.45, 2.75) is 45.5 Å². The van der Waals surface area contributed by atoms with E-state index in [9.17, 15) is 14.7 Å². The van der Waals surface area contributed by atoms with E-state index < -0.39 is 0 Å². The van der Waals surface area contributed by atoms with Gasteiger partial charge in [0.15, 0.2) is 11.5 Å². The predicted molar refractivity (Wildman–Crippen MR) is 147 cm³/mol. The van der Waals surface area contributed by atoms with Gasteiger partial charge in [-0.3, -0.25) is 14.5 Å². The van der Waals surface area contributed by atoms with Crippen LogP contribution >= 0.6 is 0 Å². The largest absolute Gasteiger partial charge is 0.488 e. The molecule has 0 fully saturated rings. The molecule has 0 aliphatic carbocycles. The molecule has 2 aromatic carbocycles. The van der Waals surface area contributed by atoms with E-state index in [1.807, 2.05) is 32.2 Å². The highest BCUT2D eigenvalue weighted by atomic mass is 16.7. The normalized spacial score (nSPS) is 19.1. The predicted octanol–water partition coefficient (Wildman–Crippen LogP) is 1.32. The molecule has 0 saturated carbocycles. The summed E-state index contributed by atoms with van der Waals surface area (Å²) in [6, 6.07) is 10.9. The number of carbonyl (C=O) groups excluding carboxylic acids is 2. The van der Waals surface area contributed by atoms with Crippen LogP contribution in [0, 0.1) is 5.92 Å². The molecule has 0 radical (unpaired) electrons. The minimum Gasteiger partial charge on any atom is -0.488 e. The van der Waals surface area contributed by atoms with Crippen molar-refractivity contribution in [3.05, 3.63) is 53.9 Å². The number of ether oxygens (including phenoxy) is 3. The first-order chi connectivity index (χ1) is 19.8. The van der Waals surface area contributed by atoms with Gasteiger partial charge < -0.3 is 29.5 Å². The van der Waals surface area contributed by atoms with E-state index in [1.165, 1.54) is 11.0 Å². The Kier molecular flexibility index (Phi) is 8.64. The number of anilines is 1. The van der Waals surface area contributed by atoms with Crippen LogP contribution in [0.1, 0.15) is 25.0 Å². The van der Waals surface area contributed by atoms with Gasteiger partial charge in [0, 0.05) is 36.8 Å². The first-order valence-corrected chi connectivity index (χ1v) is 13.6. The molecule has 13 nitrogen and oxygen atoms in total. The minimum absolute atomic E-state index is 0.0335. The van der Waals surface area contributed by atoms with Crippen LogP contribution in [0.25, 0.3) is 0 Å². The summed E-state index contributed by atoms with van der Waals surface area (Å²) < 4.78 is 18.9. The molecule has 2 amide bonds. The summed E-state index contributed by atoms with van der Waals surface area (Å²) >= 11 is 0. The zero-order valence-electron chi connectivity index (χ0n) is 23.4. The maximum Gasteiger partial charge on any atom is 0.246 e. The summed E-state index contributed by atoms with van der Waals surface area (Å²) in [4.78, 5) is 29.9. The van der Waals surface area contributed by atoms with Crippen molar-refractivity contribution < 1.29 is 28.9 Å². The Balaban J connectivity index is 1.35. The van der Waals surface area contributed by atoms with E-state index in [2.05, 4.69) is 32.7 Å². The van der Waals surface area contributed by atoms with Crippen LogP contribution in [0.2, 0.25) is 0 Å². The fraction of sp³-hybridized carbons (Fsp3) is 0.464. The number of nitrogens with one attached hydrogen (secondary N) is 1. The van der Waals surface area contributed by atoms with Gasteiger partial charge in [-0.2, -0.15) is 0 Å². The van der Waals surface area contributed by atoms with Crippen LogP contribution in [0.3, 0.4) is 0 Å². The molecular formula is C28H35N7O6. The molecule has 0 bridgehead atoms. The van der Waals surface area contributed by atoms with Crippen LogP contribution in [0.5, 0.6) is 17.2 Å². The molecule has 5 rings (SSSR count). The highest BCUT2D eigenvalue weighted by molar-refractivity contribution is 5.91. The van der Waals surface area contributed by atoms with E-state index in [4.69, 9.17) is 14.2 Å². The fourth-order valence-electron chi connectivity index (χ4n) is 5.05. The second-order valence-electron chi connectivity index (χ2n) is 10.7. The number of carbonyl (C=O) groups is 2. The summed E-state index contributed by atoms with van der Waals surface area (Å²) in [6.07, 6.45) is 1.17. The fourth-order valence-corrected chi connectivity index (χ4v) is 5.05. The van der Waals surface area contributed by atoms with E-state index in [-0.39, 0.29) is 56.2 Å². The monoisotopic (exact) mass is 565 g/mol. The number of benzene rings is 2. The van der Waals surface area contributed by atoms with Crippen LogP contribution in [-0.4, -0.2) is 92.6 Å². The number of hydrogen-bond acceptors (Lipinski definition) is 10. The number of fused-ring (bicyclic) bond motifs is 2. The van der Waals surface area contributed by atoms with Gasteiger partial charge >= 0.3 is 0 Å². The number of rotatable bonds is 9. The number of likely N-dealkylation sites (N-methyl/N-ethyl adjacent to an activating group) is 1. The third kappa shape index (κ3) is 6.92. The number of aliphatic hydroxyl groups is 1. The number of aromatic nitrogens is 4. The van der Waals surface area contributed by atoms with Gasteiger partial charge in [0.2, 0.25) is 18.6 Å². The molecular weight excluding hydrogens is 530 g/mol. The van der Waals surface area contributed by atoms with E-state index in [0.29, 0.717) is 36.6 Å². The smallest absolute Gasteiger partial charge is 0.246 e. The summed E-state index contributed by atoms with van der Waals surface area (Å²) in [5.41, 5.74) is 2.27. The molecule has 1 aromatic heterocycles. The summed E-state index contributed by atoms with van der Waals surface area (Å²) in [6.45, 7) is 5.63. The summed E-state index contributed by atoms with van der Waals surface area (Å²) in [5, 5.41) is 23.5. The van der Waals surface area contributed by atoms with E-state index in [0.717, 1.165) is 17.1 Å². The average Bonchev–Trinajstić information content (AvgIpc) is 3.63. The Morgan fingerprint density at radius 2 is 2.00 bits per heavy atom. The molecule has 41 heavy (non-hydrogen) atoms. The Hall–Kier alpha value is -4.23. The Morgan fingerprint density at radius 3 is 2.78 bits per heavy atom. The zero-order valence-corrected chi connectivity index (χ0v) is 23.4. The van der Waals surface area contributed by atoms with Crippen LogP contribution in [0.15, 0.2) is 42.7 Å². The molecule has 2 aliphatic heterocycles. The van der Waals surface area contributed by atoms with Crippen molar-refractivity contribution >= 4 is 17.5 Å². The second-order valence-corrected chi connectivity index (χ2v) is 10.7. The summed E-state index contributed by atoms with van der Waals surface area (Å²) in [7, 11) is 2.02. The molecule has 3 heterocycles. The quantitative estimate of drug-likeness (QED) is 0.390. The van der Waals surface area contributed by atoms with Gasteiger partial charge in [0.05, 0.1) is 19.1 Å². The second kappa shape index (κ2) is 12.5. The first-order valence-electron chi connectivity index (χ1n) is 13.6. The van der Waals surface area contributed by atoms with Gasteiger partial charge in [0.25, 0.3) is 0 Å². The third-order valence-electron chi connectivity index (χ3n) is 7.28. The number of amides is 2. The first kappa shape index (κ1) is 28.3. The van der Waals surface area contributed by atoms with Crippen molar-refractivity contribution in [3.63, 3.8) is 0 Å². The number of tetrazole rings is 1. The molecule has 0 unspecified atom stereocenters. The van der Waals surface area contributed by atoms with Crippen LogP contribution < -0.4 is 19.5 Å². The van der Waals surface area contributed by atoms with Crippen molar-refractivity contribution in [2.24, 2.45) is 5.92 Å². The lowest BCUT2D eigenvalue weighted by molar-refractivity contribution is -0.134. The van der Waals surface area contributed by atoms with Crippen LogP contribution in [0.4, 0.5) is 5.69 Å². The lowest BCUT2D eigenvalue weighted by atomic mass is 10.0. The van der Waals surface area contributed by atoms with Crippen molar-refractivity contribution in [1.29, 1.82) is 0 Å². The molecule has 0 saturated heterocycles. The van der Waals surface area contributed by atoms with Crippen molar-refractivity contribution in [2.75, 3.05) is 38.9 Å². The van der Waals surface area contributed by atoms with Crippen molar-refractivity contribution in [3.8, 4) is 17.2 Å². The average molecular weight is 566 g/mol. The molecule has 13 heteroatoms. The van der Waals surface area contributed by atoms with E-state index in [1.54, 1.807) is 23.1 Å². The Bertz CT molecular complexity index is 1370. The molecule has 2 aliphatic rings. The lowest BCUT2D eigenvalue weighted by Gasteiger charge is -2.34. The number of aliphatic hydroxyl groups excluding tert-OH is 1. The minimum atomic E-state index is -0.349. The van der Waals surface area contributed by atoms with Crippen LogP contribution in [-0.2, 0) is 29.1 Å². The highest BCUT2D eigenvalue weighted by Crippen LogP contribution is 2.33. The third-order valence-corrected chi connectivity index (χ3v) is 7.28. The van der Waals surface area contributed by atoms with E-state index >= 15 is 0 Å². The molecule has 2 N–H and O–H groups in total. The van der Waals surface area contributed by atoms with Gasteiger partial charge in [-0.1, -0.05) is 13.0 Å². The topological polar surface area (TPSA) is 144 Å². The molecule has 0 spiro atoms. The van der Waals surface area contributed by atoms with Gasteiger partial charge in [-0.15, -0.1) is 5.10 Å².